The van der Waals surface area contributed by atoms with Crippen molar-refractivity contribution in [3.8, 4) is 0 Å². The number of hydrogen-bond donors (Lipinski definition) is 0. The van der Waals surface area contributed by atoms with Crippen LogP contribution in [0.5, 0.6) is 0 Å². The van der Waals surface area contributed by atoms with Crippen molar-refractivity contribution in [1.82, 2.24) is 9.80 Å². The van der Waals surface area contributed by atoms with Gasteiger partial charge in [-0.3, -0.25) is 4.79 Å². The first-order valence-corrected chi connectivity index (χ1v) is 7.44. The third kappa shape index (κ3) is 4.93. The Bertz CT molecular complexity index is 473. The van der Waals surface area contributed by atoms with E-state index in [9.17, 15) is 9.59 Å². The Balaban J connectivity index is 1.63. The number of ether oxygens (including phenoxy) is 1. The number of rotatable bonds is 4. The highest BCUT2D eigenvalue weighted by atomic mass is 35.5. The van der Waals surface area contributed by atoms with Gasteiger partial charge in [0.1, 0.15) is 0 Å². The van der Waals surface area contributed by atoms with Gasteiger partial charge in [-0.25, -0.2) is 4.79 Å². The maximum Gasteiger partial charge on any atom is 0.409 e. The molecular weight excluding hydrogens is 292 g/mol. The van der Waals surface area contributed by atoms with Crippen molar-refractivity contribution in [2.75, 3.05) is 32.8 Å². The molecule has 6 heteroatoms. The smallest absolute Gasteiger partial charge is 0.409 e. The Labute approximate surface area is 129 Å². The number of benzene rings is 1. The van der Waals surface area contributed by atoms with E-state index in [2.05, 4.69) is 12.1 Å². The summed E-state index contributed by atoms with van der Waals surface area (Å²) in [5, 5.41) is -0.467. The Hall–Kier alpha value is -1.75. The molecule has 0 aliphatic carbocycles. The van der Waals surface area contributed by atoms with Gasteiger partial charge in [-0.2, -0.15) is 0 Å². The summed E-state index contributed by atoms with van der Waals surface area (Å²) in [5.41, 5.74) is 1.24. The van der Waals surface area contributed by atoms with Crippen LogP contribution in [0.15, 0.2) is 30.3 Å². The van der Waals surface area contributed by atoms with E-state index in [1.54, 1.807) is 4.90 Å². The van der Waals surface area contributed by atoms with Crippen molar-refractivity contribution in [2.24, 2.45) is 0 Å². The molecule has 1 aliphatic rings. The summed E-state index contributed by atoms with van der Waals surface area (Å²) in [6.45, 7) is 2.26. The number of carbonyl (C=O) groups excluding carboxylic acids is 2. The van der Waals surface area contributed by atoms with Gasteiger partial charge in [-0.1, -0.05) is 30.3 Å². The Morgan fingerprint density at radius 1 is 1.05 bits per heavy atom. The summed E-state index contributed by atoms with van der Waals surface area (Å²) >= 11 is 5.40. The predicted molar refractivity (Wildman–Crippen MR) is 80.5 cm³/mol. The van der Waals surface area contributed by atoms with Gasteiger partial charge in [0.15, 0.2) is 0 Å². The zero-order valence-corrected chi connectivity index (χ0v) is 12.6. The molecule has 0 saturated carbocycles. The average molecular weight is 311 g/mol. The summed E-state index contributed by atoms with van der Waals surface area (Å²) in [6.07, 6.45) is 1.38. The highest BCUT2D eigenvalue weighted by molar-refractivity contribution is 6.62. The average Bonchev–Trinajstić information content (AvgIpc) is 2.52. The van der Waals surface area contributed by atoms with Crippen molar-refractivity contribution in [3.05, 3.63) is 35.9 Å². The van der Waals surface area contributed by atoms with Crippen LogP contribution in [-0.2, 0) is 11.2 Å². The molecule has 1 aliphatic heterocycles. The van der Waals surface area contributed by atoms with Crippen LogP contribution in [0.25, 0.3) is 0 Å². The highest BCUT2D eigenvalue weighted by Crippen LogP contribution is 2.07. The third-order valence-corrected chi connectivity index (χ3v) is 3.70. The van der Waals surface area contributed by atoms with Crippen molar-refractivity contribution in [3.63, 3.8) is 0 Å². The van der Waals surface area contributed by atoms with Crippen molar-refractivity contribution >= 4 is 23.1 Å². The number of aryl methyl sites for hydroxylation is 1. The summed E-state index contributed by atoms with van der Waals surface area (Å²) in [6, 6.07) is 10.1. The summed E-state index contributed by atoms with van der Waals surface area (Å²) in [5.74, 6) is 0. The number of piperazine rings is 1. The molecule has 1 heterocycles. The van der Waals surface area contributed by atoms with E-state index in [0.717, 1.165) is 12.8 Å². The van der Waals surface area contributed by atoms with E-state index in [4.69, 9.17) is 16.3 Å². The van der Waals surface area contributed by atoms with E-state index in [1.807, 2.05) is 18.2 Å². The Kier molecular flexibility index (Phi) is 5.87. The van der Waals surface area contributed by atoms with Crippen molar-refractivity contribution < 1.29 is 14.3 Å². The lowest BCUT2D eigenvalue weighted by molar-refractivity contribution is 0.0835. The van der Waals surface area contributed by atoms with Crippen molar-refractivity contribution in [1.29, 1.82) is 0 Å². The summed E-state index contributed by atoms with van der Waals surface area (Å²) in [4.78, 5) is 26.0. The van der Waals surface area contributed by atoms with Crippen LogP contribution in [-0.4, -0.2) is 54.0 Å². The van der Waals surface area contributed by atoms with E-state index in [1.165, 1.54) is 10.5 Å². The number of carbonyl (C=O) groups is 2. The molecule has 0 aromatic heterocycles. The van der Waals surface area contributed by atoms with Crippen LogP contribution in [0.3, 0.4) is 0 Å². The largest absolute Gasteiger partial charge is 0.449 e. The maximum absolute atomic E-state index is 11.9. The van der Waals surface area contributed by atoms with Crippen molar-refractivity contribution in [2.45, 2.75) is 12.8 Å². The second-order valence-corrected chi connectivity index (χ2v) is 5.25. The minimum atomic E-state index is -0.467. The van der Waals surface area contributed by atoms with Gasteiger partial charge in [-0.05, 0) is 30.0 Å². The minimum absolute atomic E-state index is 0.315. The molecular formula is C15H19ClN2O3. The fourth-order valence-corrected chi connectivity index (χ4v) is 2.41. The predicted octanol–water partition coefficient (Wildman–Crippen LogP) is 2.73. The summed E-state index contributed by atoms with van der Waals surface area (Å²) in [7, 11) is 0. The molecule has 0 spiro atoms. The lowest BCUT2D eigenvalue weighted by Crippen LogP contribution is -2.49. The molecule has 2 amide bonds. The Morgan fingerprint density at radius 3 is 2.29 bits per heavy atom. The lowest BCUT2D eigenvalue weighted by Gasteiger charge is -2.32. The molecule has 5 nitrogen and oxygen atoms in total. The number of nitrogens with zero attached hydrogens (tertiary/aromatic N) is 2. The standard InChI is InChI=1S/C15H19ClN2O3/c16-14(19)17-8-10-18(11-9-17)15(20)21-12-4-7-13-5-2-1-3-6-13/h1-3,5-6H,4,7-12H2. The number of hydrogen-bond acceptors (Lipinski definition) is 3. The second-order valence-electron chi connectivity index (χ2n) is 4.93. The molecule has 0 atom stereocenters. The van der Waals surface area contributed by atoms with Gasteiger partial charge in [0, 0.05) is 26.2 Å². The quantitative estimate of drug-likeness (QED) is 0.488. The van der Waals surface area contributed by atoms with Crippen LogP contribution in [0, 0.1) is 0 Å². The molecule has 2 rings (SSSR count). The second kappa shape index (κ2) is 7.88. The van der Waals surface area contributed by atoms with Gasteiger partial charge in [-0.15, -0.1) is 0 Å². The maximum atomic E-state index is 11.9. The van der Waals surface area contributed by atoms with Gasteiger partial charge < -0.3 is 14.5 Å². The van der Waals surface area contributed by atoms with E-state index >= 15 is 0 Å². The fourth-order valence-electron chi connectivity index (χ4n) is 2.24. The molecule has 21 heavy (non-hydrogen) atoms. The van der Waals surface area contributed by atoms with Gasteiger partial charge in [0.2, 0.25) is 0 Å². The molecule has 1 aromatic rings. The topological polar surface area (TPSA) is 49.9 Å². The highest BCUT2D eigenvalue weighted by Gasteiger charge is 2.23. The molecule has 1 saturated heterocycles. The molecule has 0 bridgehead atoms. The molecule has 1 fully saturated rings. The monoisotopic (exact) mass is 310 g/mol. The number of halogens is 1. The van der Waals surface area contributed by atoms with Crippen LogP contribution in [0.2, 0.25) is 0 Å². The van der Waals surface area contributed by atoms with E-state index < -0.39 is 5.37 Å². The first-order valence-electron chi connectivity index (χ1n) is 7.07. The van der Waals surface area contributed by atoms with Crippen LogP contribution < -0.4 is 0 Å². The molecule has 114 valence electrons. The first kappa shape index (κ1) is 15.6. The summed E-state index contributed by atoms with van der Waals surface area (Å²) < 4.78 is 5.25. The minimum Gasteiger partial charge on any atom is -0.449 e. The van der Waals surface area contributed by atoms with Crippen LogP contribution >= 0.6 is 11.6 Å². The SMILES string of the molecule is O=C(Cl)N1CCN(C(=O)OCCCc2ccccc2)CC1. The normalized spacial score (nSPS) is 14.9. The van der Waals surface area contributed by atoms with Crippen LogP contribution in [0.1, 0.15) is 12.0 Å². The number of amides is 2. The Morgan fingerprint density at radius 2 is 1.67 bits per heavy atom. The van der Waals surface area contributed by atoms with Crippen LogP contribution in [0.4, 0.5) is 9.59 Å². The molecule has 0 unspecified atom stereocenters. The first-order chi connectivity index (χ1) is 10.2. The molecule has 1 aromatic carbocycles. The lowest BCUT2D eigenvalue weighted by atomic mass is 10.1. The van der Waals surface area contributed by atoms with Gasteiger partial charge >= 0.3 is 11.5 Å². The molecule has 0 radical (unpaired) electrons. The fraction of sp³-hybridized carbons (Fsp3) is 0.467. The van der Waals surface area contributed by atoms with Gasteiger partial charge in [0.05, 0.1) is 6.61 Å². The zero-order chi connectivity index (χ0) is 15.1. The molecule has 0 N–H and O–H groups in total. The van der Waals surface area contributed by atoms with Gasteiger partial charge in [0.25, 0.3) is 0 Å². The third-order valence-electron chi connectivity index (χ3n) is 3.46. The van der Waals surface area contributed by atoms with E-state index in [0.29, 0.717) is 32.8 Å². The van der Waals surface area contributed by atoms with E-state index in [-0.39, 0.29) is 6.09 Å². The zero-order valence-electron chi connectivity index (χ0n) is 11.8.